The third-order valence-electron chi connectivity index (χ3n) is 2.59. The molecule has 2 rings (SSSR count). The molecule has 104 valence electrons. The number of halogens is 3. The van der Waals surface area contributed by atoms with Crippen LogP contribution in [0.25, 0.3) is 11.0 Å². The summed E-state index contributed by atoms with van der Waals surface area (Å²) in [6, 6.07) is 4.43. The summed E-state index contributed by atoms with van der Waals surface area (Å²) < 4.78 is 40.7. The summed E-state index contributed by atoms with van der Waals surface area (Å²) in [6.07, 6.45) is -3.19. The zero-order valence-corrected chi connectivity index (χ0v) is 10.3. The van der Waals surface area contributed by atoms with Gasteiger partial charge in [0, 0.05) is 6.42 Å². The summed E-state index contributed by atoms with van der Waals surface area (Å²) in [4.78, 5) is 7.15. The van der Waals surface area contributed by atoms with Gasteiger partial charge in [-0.25, -0.2) is 4.98 Å². The molecule has 1 aromatic carbocycles. The Morgan fingerprint density at radius 3 is 2.84 bits per heavy atom. The Labute approximate surface area is 108 Å². The average Bonchev–Trinajstić information content (AvgIpc) is 2.71. The van der Waals surface area contributed by atoms with E-state index < -0.39 is 6.36 Å². The molecule has 0 bridgehead atoms. The SMILES string of the molecule is CNCCCc1nc2c(OC(F)(F)F)cccc2[nH]1. The first-order chi connectivity index (χ1) is 8.99. The molecular weight excluding hydrogens is 259 g/mol. The van der Waals surface area contributed by atoms with E-state index in [1.165, 1.54) is 12.1 Å². The lowest BCUT2D eigenvalue weighted by Crippen LogP contribution is -2.17. The van der Waals surface area contributed by atoms with Crippen LogP contribution in [0.15, 0.2) is 18.2 Å². The Morgan fingerprint density at radius 1 is 1.37 bits per heavy atom. The van der Waals surface area contributed by atoms with Gasteiger partial charge in [0.1, 0.15) is 11.3 Å². The van der Waals surface area contributed by atoms with Gasteiger partial charge in [-0.15, -0.1) is 13.2 Å². The van der Waals surface area contributed by atoms with E-state index in [2.05, 4.69) is 20.0 Å². The lowest BCUT2D eigenvalue weighted by Gasteiger charge is -2.08. The van der Waals surface area contributed by atoms with Crippen LogP contribution in [-0.4, -0.2) is 29.9 Å². The molecule has 2 aromatic rings. The van der Waals surface area contributed by atoms with Crippen molar-refractivity contribution in [2.24, 2.45) is 0 Å². The Bertz CT molecular complexity index is 551. The number of imidazole rings is 1. The summed E-state index contributed by atoms with van der Waals surface area (Å²) in [6.45, 7) is 0.822. The van der Waals surface area contributed by atoms with Gasteiger partial charge < -0.3 is 15.0 Å². The highest BCUT2D eigenvalue weighted by molar-refractivity contribution is 5.81. The molecule has 0 amide bonds. The molecule has 0 fully saturated rings. The average molecular weight is 273 g/mol. The van der Waals surface area contributed by atoms with E-state index in [-0.39, 0.29) is 11.3 Å². The number of aromatic nitrogens is 2. The number of para-hydroxylation sites is 1. The molecule has 0 spiro atoms. The van der Waals surface area contributed by atoms with Gasteiger partial charge in [0.15, 0.2) is 5.75 Å². The van der Waals surface area contributed by atoms with Crippen molar-refractivity contribution < 1.29 is 17.9 Å². The van der Waals surface area contributed by atoms with Crippen LogP contribution in [0.1, 0.15) is 12.2 Å². The third kappa shape index (κ3) is 3.60. The van der Waals surface area contributed by atoms with E-state index in [1.54, 1.807) is 6.07 Å². The van der Waals surface area contributed by atoms with Gasteiger partial charge in [-0.3, -0.25) is 0 Å². The fourth-order valence-corrected chi connectivity index (χ4v) is 1.81. The van der Waals surface area contributed by atoms with Gasteiger partial charge in [0.2, 0.25) is 0 Å². The summed E-state index contributed by atoms with van der Waals surface area (Å²) >= 11 is 0. The minimum Gasteiger partial charge on any atom is -0.403 e. The number of hydrogen-bond acceptors (Lipinski definition) is 3. The number of nitrogens with zero attached hydrogens (tertiary/aromatic N) is 1. The topological polar surface area (TPSA) is 49.9 Å². The number of rotatable bonds is 5. The maximum atomic E-state index is 12.3. The highest BCUT2D eigenvalue weighted by Crippen LogP contribution is 2.29. The second kappa shape index (κ2) is 5.48. The maximum absolute atomic E-state index is 12.3. The van der Waals surface area contributed by atoms with E-state index in [9.17, 15) is 13.2 Å². The van der Waals surface area contributed by atoms with E-state index >= 15 is 0 Å². The fourth-order valence-electron chi connectivity index (χ4n) is 1.81. The van der Waals surface area contributed by atoms with Crippen molar-refractivity contribution in [1.82, 2.24) is 15.3 Å². The standard InChI is InChI=1S/C12H14F3N3O/c1-16-7-3-6-10-17-8-4-2-5-9(11(8)18-10)19-12(13,14)15/h2,4-5,16H,3,6-7H2,1H3,(H,17,18). The van der Waals surface area contributed by atoms with Gasteiger partial charge in [-0.1, -0.05) is 6.07 Å². The molecule has 0 saturated carbocycles. The molecular formula is C12H14F3N3O. The van der Waals surface area contributed by atoms with Crippen LogP contribution in [0.5, 0.6) is 5.75 Å². The Kier molecular flexibility index (Phi) is 3.94. The van der Waals surface area contributed by atoms with Crippen LogP contribution < -0.4 is 10.1 Å². The zero-order chi connectivity index (χ0) is 13.9. The van der Waals surface area contributed by atoms with E-state index in [0.29, 0.717) is 17.8 Å². The van der Waals surface area contributed by atoms with Crippen LogP contribution in [0, 0.1) is 0 Å². The van der Waals surface area contributed by atoms with E-state index in [1.807, 2.05) is 7.05 Å². The van der Waals surface area contributed by atoms with Crippen molar-refractivity contribution in [2.45, 2.75) is 19.2 Å². The Balaban J connectivity index is 2.24. The number of aryl methyl sites for hydroxylation is 1. The first-order valence-corrected chi connectivity index (χ1v) is 5.87. The number of fused-ring (bicyclic) bond motifs is 1. The summed E-state index contributed by atoms with van der Waals surface area (Å²) in [5.74, 6) is 0.379. The molecule has 0 saturated heterocycles. The molecule has 19 heavy (non-hydrogen) atoms. The molecule has 0 aliphatic carbocycles. The van der Waals surface area contributed by atoms with Crippen LogP contribution in [-0.2, 0) is 6.42 Å². The van der Waals surface area contributed by atoms with Crippen LogP contribution in [0.3, 0.4) is 0 Å². The number of ether oxygens (including phenoxy) is 1. The third-order valence-corrected chi connectivity index (χ3v) is 2.59. The minimum absolute atomic E-state index is 0.208. The van der Waals surface area contributed by atoms with Gasteiger partial charge >= 0.3 is 6.36 Å². The molecule has 1 aromatic heterocycles. The Hall–Kier alpha value is -1.76. The number of alkyl halides is 3. The summed E-state index contributed by atoms with van der Waals surface area (Å²) in [5, 5.41) is 3.00. The number of H-pyrrole nitrogens is 1. The predicted octanol–water partition coefficient (Wildman–Crippen LogP) is 2.61. The zero-order valence-electron chi connectivity index (χ0n) is 10.3. The second-order valence-corrected chi connectivity index (χ2v) is 4.09. The van der Waals surface area contributed by atoms with Crippen molar-refractivity contribution in [3.05, 3.63) is 24.0 Å². The number of nitrogens with one attached hydrogen (secondary N) is 2. The number of aromatic amines is 1. The summed E-state index contributed by atoms with van der Waals surface area (Å²) in [7, 11) is 1.84. The smallest absolute Gasteiger partial charge is 0.403 e. The van der Waals surface area contributed by atoms with Gasteiger partial charge in [0.25, 0.3) is 0 Å². The lowest BCUT2D eigenvalue weighted by molar-refractivity contribution is -0.274. The fraction of sp³-hybridized carbons (Fsp3) is 0.417. The van der Waals surface area contributed by atoms with Crippen molar-refractivity contribution in [1.29, 1.82) is 0 Å². The molecule has 0 radical (unpaired) electrons. The second-order valence-electron chi connectivity index (χ2n) is 4.09. The molecule has 0 aliphatic heterocycles. The number of hydrogen-bond donors (Lipinski definition) is 2. The largest absolute Gasteiger partial charge is 0.573 e. The molecule has 7 heteroatoms. The molecule has 2 N–H and O–H groups in total. The number of benzene rings is 1. The molecule has 0 unspecified atom stereocenters. The maximum Gasteiger partial charge on any atom is 0.573 e. The van der Waals surface area contributed by atoms with Gasteiger partial charge in [-0.05, 0) is 32.1 Å². The van der Waals surface area contributed by atoms with Crippen molar-refractivity contribution in [2.75, 3.05) is 13.6 Å². The van der Waals surface area contributed by atoms with Crippen LogP contribution in [0.2, 0.25) is 0 Å². The van der Waals surface area contributed by atoms with Gasteiger partial charge in [-0.2, -0.15) is 0 Å². The van der Waals surface area contributed by atoms with Crippen molar-refractivity contribution in [3.8, 4) is 5.75 Å². The first-order valence-electron chi connectivity index (χ1n) is 5.87. The minimum atomic E-state index is -4.71. The normalized spacial score (nSPS) is 12.0. The monoisotopic (exact) mass is 273 g/mol. The predicted molar refractivity (Wildman–Crippen MR) is 65.0 cm³/mol. The first kappa shape index (κ1) is 13.7. The van der Waals surface area contributed by atoms with E-state index in [4.69, 9.17) is 0 Å². The molecule has 0 atom stereocenters. The molecule has 0 aliphatic rings. The van der Waals surface area contributed by atoms with E-state index in [0.717, 1.165) is 13.0 Å². The summed E-state index contributed by atoms with van der Waals surface area (Å²) in [5.41, 5.74) is 0.750. The quantitative estimate of drug-likeness (QED) is 0.823. The van der Waals surface area contributed by atoms with Crippen molar-refractivity contribution in [3.63, 3.8) is 0 Å². The van der Waals surface area contributed by atoms with Gasteiger partial charge in [0.05, 0.1) is 5.52 Å². The molecule has 1 heterocycles. The van der Waals surface area contributed by atoms with Crippen LogP contribution in [0.4, 0.5) is 13.2 Å². The molecule has 4 nitrogen and oxygen atoms in total. The highest BCUT2D eigenvalue weighted by atomic mass is 19.4. The van der Waals surface area contributed by atoms with Crippen molar-refractivity contribution >= 4 is 11.0 Å². The highest BCUT2D eigenvalue weighted by Gasteiger charge is 2.32. The van der Waals surface area contributed by atoms with Crippen LogP contribution >= 0.6 is 0 Å². The Morgan fingerprint density at radius 2 is 2.16 bits per heavy atom. The lowest BCUT2D eigenvalue weighted by atomic mass is 10.3.